The Hall–Kier alpha value is -3.94. The van der Waals surface area contributed by atoms with Gasteiger partial charge in [0, 0.05) is 24.4 Å². The summed E-state index contributed by atoms with van der Waals surface area (Å²) < 4.78 is 5.26. The van der Waals surface area contributed by atoms with Crippen LogP contribution in [-0.2, 0) is 4.79 Å². The van der Waals surface area contributed by atoms with E-state index in [9.17, 15) is 9.59 Å². The molecule has 8 heteroatoms. The molecule has 0 atom stereocenters. The van der Waals surface area contributed by atoms with E-state index in [-0.39, 0.29) is 17.5 Å². The number of para-hydroxylation sites is 2. The monoisotopic (exact) mass is 391 g/mol. The molecule has 0 fully saturated rings. The third-order valence-corrected chi connectivity index (χ3v) is 3.90. The van der Waals surface area contributed by atoms with E-state index in [0.717, 1.165) is 5.69 Å². The van der Waals surface area contributed by atoms with Crippen LogP contribution in [0.15, 0.2) is 54.6 Å². The molecule has 3 aromatic rings. The summed E-state index contributed by atoms with van der Waals surface area (Å²) in [7, 11) is 1.54. The molecule has 2 aromatic carbocycles. The Kier molecular flexibility index (Phi) is 6.03. The number of rotatable bonds is 6. The molecule has 0 spiro atoms. The summed E-state index contributed by atoms with van der Waals surface area (Å²) in [5, 5.41) is 8.64. The SMILES string of the molecule is COc1ccccc1NC(=O)c1cc(Nc2ccc(NC(C)=O)cc2)nc(C)n1. The van der Waals surface area contributed by atoms with Crippen LogP contribution < -0.4 is 20.7 Å². The third kappa shape index (κ3) is 5.29. The summed E-state index contributed by atoms with van der Waals surface area (Å²) in [4.78, 5) is 32.3. The van der Waals surface area contributed by atoms with Gasteiger partial charge in [-0.3, -0.25) is 9.59 Å². The van der Waals surface area contributed by atoms with Gasteiger partial charge in [0.15, 0.2) is 0 Å². The molecule has 148 valence electrons. The van der Waals surface area contributed by atoms with Crippen molar-refractivity contribution in [3.05, 3.63) is 66.1 Å². The van der Waals surface area contributed by atoms with Crippen LogP contribution in [0.1, 0.15) is 23.2 Å². The van der Waals surface area contributed by atoms with Crippen molar-refractivity contribution in [2.24, 2.45) is 0 Å². The van der Waals surface area contributed by atoms with Gasteiger partial charge in [0.2, 0.25) is 5.91 Å². The van der Waals surface area contributed by atoms with E-state index < -0.39 is 0 Å². The minimum absolute atomic E-state index is 0.136. The first kappa shape index (κ1) is 19.8. The van der Waals surface area contributed by atoms with E-state index in [1.54, 1.807) is 62.6 Å². The topological polar surface area (TPSA) is 105 Å². The van der Waals surface area contributed by atoms with Crippen LogP contribution in [0, 0.1) is 6.92 Å². The van der Waals surface area contributed by atoms with E-state index in [0.29, 0.717) is 28.8 Å². The first-order valence-corrected chi connectivity index (χ1v) is 8.89. The van der Waals surface area contributed by atoms with Gasteiger partial charge in [-0.1, -0.05) is 12.1 Å². The molecule has 1 aromatic heterocycles. The normalized spacial score (nSPS) is 10.2. The van der Waals surface area contributed by atoms with Gasteiger partial charge in [0.25, 0.3) is 5.91 Å². The Morgan fingerprint density at radius 3 is 2.31 bits per heavy atom. The standard InChI is InChI=1S/C21H21N5O3/c1-13-22-18(21(28)26-17-6-4-5-7-19(17)29-3)12-20(23-13)25-16-10-8-15(9-11-16)24-14(2)27/h4-12H,1-3H3,(H,24,27)(H,26,28)(H,22,23,25). The number of hydrogen-bond acceptors (Lipinski definition) is 6. The average Bonchev–Trinajstić information content (AvgIpc) is 2.69. The van der Waals surface area contributed by atoms with Crippen LogP contribution in [0.3, 0.4) is 0 Å². The Morgan fingerprint density at radius 2 is 1.62 bits per heavy atom. The van der Waals surface area contributed by atoms with Gasteiger partial charge in [-0.2, -0.15) is 0 Å². The van der Waals surface area contributed by atoms with Gasteiger partial charge in [-0.15, -0.1) is 0 Å². The summed E-state index contributed by atoms with van der Waals surface area (Å²) in [6.07, 6.45) is 0. The van der Waals surface area contributed by atoms with Crippen LogP contribution in [0.4, 0.5) is 22.9 Å². The number of nitrogens with one attached hydrogen (secondary N) is 3. The maximum Gasteiger partial charge on any atom is 0.274 e. The van der Waals surface area contributed by atoms with Gasteiger partial charge in [0.05, 0.1) is 12.8 Å². The third-order valence-electron chi connectivity index (χ3n) is 3.90. The van der Waals surface area contributed by atoms with Crippen LogP contribution in [0.5, 0.6) is 5.75 Å². The molecule has 0 saturated carbocycles. The highest BCUT2D eigenvalue weighted by Crippen LogP contribution is 2.24. The van der Waals surface area contributed by atoms with Crippen molar-refractivity contribution in [1.82, 2.24) is 9.97 Å². The van der Waals surface area contributed by atoms with Crippen LogP contribution in [0.2, 0.25) is 0 Å². The molecule has 0 unspecified atom stereocenters. The predicted octanol–water partition coefficient (Wildman–Crippen LogP) is 3.75. The number of methoxy groups -OCH3 is 1. The van der Waals surface area contributed by atoms with E-state index in [2.05, 4.69) is 25.9 Å². The van der Waals surface area contributed by atoms with Crippen LogP contribution in [0.25, 0.3) is 0 Å². The van der Waals surface area contributed by atoms with Crippen molar-refractivity contribution in [2.45, 2.75) is 13.8 Å². The lowest BCUT2D eigenvalue weighted by Gasteiger charge is -2.11. The Morgan fingerprint density at radius 1 is 0.931 bits per heavy atom. The summed E-state index contributed by atoms with van der Waals surface area (Å²) in [5.41, 5.74) is 2.23. The summed E-state index contributed by atoms with van der Waals surface area (Å²) in [6, 6.07) is 15.9. The molecule has 0 saturated heterocycles. The highest BCUT2D eigenvalue weighted by atomic mass is 16.5. The number of hydrogen-bond donors (Lipinski definition) is 3. The maximum absolute atomic E-state index is 12.7. The Balaban J connectivity index is 1.77. The predicted molar refractivity (Wildman–Crippen MR) is 112 cm³/mol. The smallest absolute Gasteiger partial charge is 0.274 e. The number of nitrogens with zero attached hydrogens (tertiary/aromatic N) is 2. The second kappa shape index (κ2) is 8.83. The molecule has 8 nitrogen and oxygen atoms in total. The van der Waals surface area contributed by atoms with E-state index >= 15 is 0 Å². The molecule has 0 bridgehead atoms. The molecule has 2 amide bonds. The zero-order valence-electron chi connectivity index (χ0n) is 16.3. The minimum Gasteiger partial charge on any atom is -0.495 e. The molecular formula is C21H21N5O3. The first-order chi connectivity index (χ1) is 13.9. The molecule has 29 heavy (non-hydrogen) atoms. The quantitative estimate of drug-likeness (QED) is 0.591. The average molecular weight is 391 g/mol. The van der Waals surface area contributed by atoms with Crippen LogP contribution >= 0.6 is 0 Å². The van der Waals surface area contributed by atoms with Gasteiger partial charge < -0.3 is 20.7 Å². The van der Waals surface area contributed by atoms with Gasteiger partial charge in [-0.25, -0.2) is 9.97 Å². The molecular weight excluding hydrogens is 370 g/mol. The Bertz CT molecular complexity index is 1030. The number of benzene rings is 2. The van der Waals surface area contributed by atoms with Crippen molar-refractivity contribution in [3.63, 3.8) is 0 Å². The largest absolute Gasteiger partial charge is 0.495 e. The lowest BCUT2D eigenvalue weighted by atomic mass is 10.2. The van der Waals surface area contributed by atoms with Crippen molar-refractivity contribution in [1.29, 1.82) is 0 Å². The summed E-state index contributed by atoms with van der Waals surface area (Å²) >= 11 is 0. The minimum atomic E-state index is -0.371. The number of anilines is 4. The fourth-order valence-corrected chi connectivity index (χ4v) is 2.67. The zero-order valence-corrected chi connectivity index (χ0v) is 16.3. The molecule has 0 aliphatic heterocycles. The highest BCUT2D eigenvalue weighted by molar-refractivity contribution is 6.04. The number of ether oxygens (including phenoxy) is 1. The van der Waals surface area contributed by atoms with Crippen LogP contribution in [-0.4, -0.2) is 28.9 Å². The molecule has 0 aliphatic carbocycles. The number of carbonyl (C=O) groups is 2. The van der Waals surface area contributed by atoms with E-state index in [4.69, 9.17) is 4.74 Å². The fraction of sp³-hybridized carbons (Fsp3) is 0.143. The number of carbonyl (C=O) groups excluding carboxylic acids is 2. The lowest BCUT2D eigenvalue weighted by molar-refractivity contribution is -0.114. The number of aryl methyl sites for hydroxylation is 1. The Labute approximate surface area is 168 Å². The maximum atomic E-state index is 12.7. The van der Waals surface area contributed by atoms with E-state index in [1.807, 2.05) is 6.07 Å². The fourth-order valence-electron chi connectivity index (χ4n) is 2.67. The van der Waals surface area contributed by atoms with E-state index in [1.165, 1.54) is 6.92 Å². The molecule has 3 N–H and O–H groups in total. The lowest BCUT2D eigenvalue weighted by Crippen LogP contribution is -2.16. The molecule has 3 rings (SSSR count). The second-order valence-electron chi connectivity index (χ2n) is 6.22. The zero-order chi connectivity index (χ0) is 20.8. The highest BCUT2D eigenvalue weighted by Gasteiger charge is 2.13. The number of aromatic nitrogens is 2. The number of amides is 2. The van der Waals surface area contributed by atoms with Crippen molar-refractivity contribution in [3.8, 4) is 5.75 Å². The molecule has 1 heterocycles. The van der Waals surface area contributed by atoms with Gasteiger partial charge in [0.1, 0.15) is 23.1 Å². The first-order valence-electron chi connectivity index (χ1n) is 8.89. The van der Waals surface area contributed by atoms with Crippen molar-refractivity contribution >= 4 is 34.7 Å². The van der Waals surface area contributed by atoms with Crippen molar-refractivity contribution in [2.75, 3.05) is 23.1 Å². The molecule has 0 radical (unpaired) electrons. The second-order valence-corrected chi connectivity index (χ2v) is 6.22. The molecule has 0 aliphatic rings. The summed E-state index contributed by atoms with van der Waals surface area (Å²) in [5.74, 6) is 0.987. The van der Waals surface area contributed by atoms with Gasteiger partial charge >= 0.3 is 0 Å². The van der Waals surface area contributed by atoms with Crippen molar-refractivity contribution < 1.29 is 14.3 Å². The summed E-state index contributed by atoms with van der Waals surface area (Å²) in [6.45, 7) is 3.17. The van der Waals surface area contributed by atoms with Gasteiger partial charge in [-0.05, 0) is 43.3 Å².